The predicted molar refractivity (Wildman–Crippen MR) is 78.0 cm³/mol. The fraction of sp³-hybridized carbons (Fsp3) is 0.733. The van der Waals surface area contributed by atoms with Crippen LogP contribution in [0.1, 0.15) is 19.3 Å². The summed E-state index contributed by atoms with van der Waals surface area (Å²) >= 11 is 0. The molecule has 1 atom stereocenters. The van der Waals surface area contributed by atoms with E-state index in [1.54, 1.807) is 10.9 Å². The van der Waals surface area contributed by atoms with Crippen molar-refractivity contribution < 1.29 is 9.84 Å². The number of nitrogens with zero attached hydrogens (tertiary/aromatic N) is 3. The van der Waals surface area contributed by atoms with Crippen molar-refractivity contribution in [2.45, 2.75) is 31.4 Å². The van der Waals surface area contributed by atoms with Crippen LogP contribution in [-0.2, 0) is 11.3 Å². The van der Waals surface area contributed by atoms with E-state index in [9.17, 15) is 9.90 Å². The lowest BCUT2D eigenvalue weighted by Crippen LogP contribution is -2.47. The minimum Gasteiger partial charge on any atom is -0.386 e. The van der Waals surface area contributed by atoms with Crippen molar-refractivity contribution in [2.24, 2.45) is 5.92 Å². The normalized spacial score (nSPS) is 28.0. The Kier molecular flexibility index (Phi) is 4.37. The lowest BCUT2D eigenvalue weighted by molar-refractivity contribution is -0.0125. The molecule has 0 amide bonds. The van der Waals surface area contributed by atoms with Gasteiger partial charge in [0.2, 0.25) is 0 Å². The highest BCUT2D eigenvalue weighted by atomic mass is 16.5. The first kappa shape index (κ1) is 14.7. The van der Waals surface area contributed by atoms with E-state index in [0.29, 0.717) is 25.7 Å². The van der Waals surface area contributed by atoms with E-state index in [1.165, 1.54) is 12.3 Å². The maximum atomic E-state index is 11.7. The number of likely N-dealkylation sites (tertiary alicyclic amines) is 1. The molecule has 21 heavy (non-hydrogen) atoms. The molecule has 0 radical (unpaired) electrons. The average molecular weight is 293 g/mol. The SMILES string of the molecule is O=c1ccncn1CC1CCN(CC2(O)CCOC2)CC1. The first-order chi connectivity index (χ1) is 10.1. The summed E-state index contributed by atoms with van der Waals surface area (Å²) in [5, 5.41) is 10.4. The number of hydrogen-bond donors (Lipinski definition) is 1. The van der Waals surface area contributed by atoms with Gasteiger partial charge in [0, 0.05) is 38.4 Å². The van der Waals surface area contributed by atoms with Crippen LogP contribution in [0.25, 0.3) is 0 Å². The van der Waals surface area contributed by atoms with Crippen molar-refractivity contribution in [3.63, 3.8) is 0 Å². The summed E-state index contributed by atoms with van der Waals surface area (Å²) in [7, 11) is 0. The summed E-state index contributed by atoms with van der Waals surface area (Å²) in [5.74, 6) is 0.512. The van der Waals surface area contributed by atoms with Crippen LogP contribution in [0, 0.1) is 5.92 Å². The fourth-order valence-corrected chi connectivity index (χ4v) is 3.26. The summed E-state index contributed by atoms with van der Waals surface area (Å²) in [6.45, 7) is 4.51. The lowest BCUT2D eigenvalue weighted by atomic mass is 9.94. The highest BCUT2D eigenvalue weighted by Gasteiger charge is 2.35. The second-order valence-corrected chi connectivity index (χ2v) is 6.32. The Labute approximate surface area is 124 Å². The number of rotatable bonds is 4. The molecule has 0 aromatic carbocycles. The monoisotopic (exact) mass is 293 g/mol. The zero-order chi connectivity index (χ0) is 14.7. The Morgan fingerprint density at radius 3 is 2.90 bits per heavy atom. The van der Waals surface area contributed by atoms with Gasteiger partial charge in [0.05, 0.1) is 12.9 Å². The van der Waals surface area contributed by atoms with Gasteiger partial charge in [-0.1, -0.05) is 0 Å². The molecule has 2 saturated heterocycles. The quantitative estimate of drug-likeness (QED) is 0.853. The van der Waals surface area contributed by atoms with Crippen molar-refractivity contribution in [1.29, 1.82) is 0 Å². The molecule has 3 rings (SSSR count). The molecule has 1 aromatic rings. The minimum atomic E-state index is -0.660. The van der Waals surface area contributed by atoms with Crippen LogP contribution in [0.2, 0.25) is 0 Å². The summed E-state index contributed by atoms with van der Waals surface area (Å²) in [6.07, 6.45) is 5.99. The average Bonchev–Trinajstić information content (AvgIpc) is 2.90. The zero-order valence-electron chi connectivity index (χ0n) is 12.3. The minimum absolute atomic E-state index is 0.0184. The van der Waals surface area contributed by atoms with Gasteiger partial charge in [0.1, 0.15) is 5.60 Å². The molecule has 1 N–H and O–H groups in total. The number of piperidine rings is 1. The van der Waals surface area contributed by atoms with Gasteiger partial charge in [-0.2, -0.15) is 0 Å². The molecule has 116 valence electrons. The Morgan fingerprint density at radius 2 is 2.24 bits per heavy atom. The summed E-state index contributed by atoms with van der Waals surface area (Å²) < 4.78 is 6.99. The van der Waals surface area contributed by atoms with Gasteiger partial charge in [-0.25, -0.2) is 4.98 Å². The molecule has 6 heteroatoms. The van der Waals surface area contributed by atoms with Crippen molar-refractivity contribution in [1.82, 2.24) is 14.5 Å². The largest absolute Gasteiger partial charge is 0.386 e. The Balaban J connectivity index is 1.49. The first-order valence-electron chi connectivity index (χ1n) is 7.68. The molecule has 1 unspecified atom stereocenters. The van der Waals surface area contributed by atoms with Gasteiger partial charge in [-0.15, -0.1) is 0 Å². The van der Waals surface area contributed by atoms with Crippen LogP contribution >= 0.6 is 0 Å². The predicted octanol–water partition coefficient (Wildman–Crippen LogP) is 0.107. The van der Waals surface area contributed by atoms with Crippen LogP contribution in [0.4, 0.5) is 0 Å². The Hall–Kier alpha value is -1.24. The number of ether oxygens (including phenoxy) is 1. The number of hydrogen-bond acceptors (Lipinski definition) is 5. The highest BCUT2D eigenvalue weighted by Crippen LogP contribution is 2.24. The van der Waals surface area contributed by atoms with Crippen LogP contribution in [0.15, 0.2) is 23.4 Å². The summed E-state index contributed by atoms with van der Waals surface area (Å²) in [6, 6.07) is 1.50. The molecule has 0 aliphatic carbocycles. The fourth-order valence-electron chi connectivity index (χ4n) is 3.26. The van der Waals surface area contributed by atoms with Crippen LogP contribution in [0.3, 0.4) is 0 Å². The molecule has 1 aromatic heterocycles. The third-order valence-electron chi connectivity index (χ3n) is 4.55. The number of aliphatic hydroxyl groups is 1. The molecule has 3 heterocycles. The third-order valence-corrected chi connectivity index (χ3v) is 4.55. The van der Waals surface area contributed by atoms with Gasteiger partial charge in [-0.3, -0.25) is 9.36 Å². The third kappa shape index (κ3) is 3.70. The van der Waals surface area contributed by atoms with Gasteiger partial charge >= 0.3 is 0 Å². The van der Waals surface area contributed by atoms with E-state index in [4.69, 9.17) is 4.74 Å². The first-order valence-corrected chi connectivity index (χ1v) is 7.68. The standard InChI is InChI=1S/C15H23N3O3/c19-14-1-5-16-12-18(14)9-13-2-6-17(7-3-13)10-15(20)4-8-21-11-15/h1,5,12-13,20H,2-4,6-11H2. The second kappa shape index (κ2) is 6.25. The molecule has 6 nitrogen and oxygen atoms in total. The molecule has 2 fully saturated rings. The molecule has 0 bridgehead atoms. The summed E-state index contributed by atoms with van der Waals surface area (Å²) in [4.78, 5) is 18.0. The molecule has 2 aliphatic heterocycles. The summed E-state index contributed by atoms with van der Waals surface area (Å²) in [5.41, 5.74) is -0.641. The van der Waals surface area contributed by atoms with E-state index in [1.807, 2.05) is 0 Å². The van der Waals surface area contributed by atoms with E-state index in [2.05, 4.69) is 9.88 Å². The van der Waals surface area contributed by atoms with Crippen LogP contribution < -0.4 is 5.56 Å². The molecule has 0 saturated carbocycles. The second-order valence-electron chi connectivity index (χ2n) is 6.32. The van der Waals surface area contributed by atoms with Gasteiger partial charge < -0.3 is 14.7 Å². The van der Waals surface area contributed by atoms with E-state index in [0.717, 1.165) is 38.9 Å². The lowest BCUT2D eigenvalue weighted by Gasteiger charge is -2.36. The topological polar surface area (TPSA) is 67.6 Å². The molecular weight excluding hydrogens is 270 g/mol. The van der Waals surface area contributed by atoms with Crippen molar-refractivity contribution in [3.8, 4) is 0 Å². The van der Waals surface area contributed by atoms with Gasteiger partial charge in [-0.05, 0) is 31.8 Å². The van der Waals surface area contributed by atoms with Crippen molar-refractivity contribution in [3.05, 3.63) is 28.9 Å². The van der Waals surface area contributed by atoms with E-state index < -0.39 is 5.60 Å². The highest BCUT2D eigenvalue weighted by molar-refractivity contribution is 4.88. The van der Waals surface area contributed by atoms with E-state index in [-0.39, 0.29) is 5.56 Å². The maximum absolute atomic E-state index is 11.7. The maximum Gasteiger partial charge on any atom is 0.253 e. The molecule has 0 spiro atoms. The number of aromatic nitrogens is 2. The van der Waals surface area contributed by atoms with Gasteiger partial charge in [0.25, 0.3) is 5.56 Å². The van der Waals surface area contributed by atoms with Crippen LogP contribution in [-0.4, -0.2) is 58.0 Å². The van der Waals surface area contributed by atoms with E-state index >= 15 is 0 Å². The van der Waals surface area contributed by atoms with Gasteiger partial charge in [0.15, 0.2) is 0 Å². The smallest absolute Gasteiger partial charge is 0.253 e. The molecule has 2 aliphatic rings. The van der Waals surface area contributed by atoms with Crippen molar-refractivity contribution >= 4 is 0 Å². The molecular formula is C15H23N3O3. The Morgan fingerprint density at radius 1 is 1.43 bits per heavy atom. The Bertz CT molecular complexity index is 517. The zero-order valence-corrected chi connectivity index (χ0v) is 12.3. The van der Waals surface area contributed by atoms with Crippen molar-refractivity contribution in [2.75, 3.05) is 32.8 Å². The van der Waals surface area contributed by atoms with Crippen LogP contribution in [0.5, 0.6) is 0 Å². The number of β-amino-alcohol motifs (C(OH)–C–C–N with tert-alkyl or cyclic N) is 1.